The highest BCUT2D eigenvalue weighted by Gasteiger charge is 2.31. The highest BCUT2D eigenvalue weighted by molar-refractivity contribution is 5.93. The second-order valence-electron chi connectivity index (χ2n) is 10.6. The zero-order chi connectivity index (χ0) is 29.2. The number of hydrogen-bond donors (Lipinski definition) is 4. The normalized spacial score (nSPS) is 13.5. The predicted molar refractivity (Wildman–Crippen MR) is 146 cm³/mol. The van der Waals surface area contributed by atoms with Gasteiger partial charge in [0.2, 0.25) is 11.8 Å². The number of hydrogen-bond acceptors (Lipinski definition) is 7. The van der Waals surface area contributed by atoms with E-state index in [4.69, 9.17) is 9.47 Å². The molecule has 2 aromatic rings. The Balaban J connectivity index is 2.12. The summed E-state index contributed by atoms with van der Waals surface area (Å²) in [7, 11) is 0. The summed E-state index contributed by atoms with van der Waals surface area (Å²) in [4.78, 5) is 51.2. The van der Waals surface area contributed by atoms with E-state index in [1.807, 2.05) is 30.3 Å². The molecule has 0 bridgehead atoms. The minimum atomic E-state index is -1.05. The van der Waals surface area contributed by atoms with Crippen molar-refractivity contribution in [1.82, 2.24) is 16.0 Å². The largest absolute Gasteiger partial charge is 0.508 e. The lowest BCUT2D eigenvalue weighted by molar-refractivity contribution is -0.149. The van der Waals surface area contributed by atoms with Gasteiger partial charge in [-0.05, 0) is 56.9 Å². The van der Waals surface area contributed by atoms with E-state index in [2.05, 4.69) is 16.0 Å². The van der Waals surface area contributed by atoms with Crippen molar-refractivity contribution >= 4 is 23.9 Å². The van der Waals surface area contributed by atoms with Crippen LogP contribution in [-0.2, 0) is 36.9 Å². The molecule has 0 aromatic heterocycles. The van der Waals surface area contributed by atoms with Crippen LogP contribution in [0.25, 0.3) is 0 Å². The van der Waals surface area contributed by atoms with Crippen molar-refractivity contribution in [3.05, 3.63) is 65.7 Å². The summed E-state index contributed by atoms with van der Waals surface area (Å²) < 4.78 is 10.7. The van der Waals surface area contributed by atoms with Gasteiger partial charge in [0.05, 0.1) is 0 Å². The topological polar surface area (TPSA) is 143 Å². The maximum atomic E-state index is 13.3. The molecule has 10 nitrogen and oxygen atoms in total. The van der Waals surface area contributed by atoms with Crippen molar-refractivity contribution in [2.45, 2.75) is 78.3 Å². The highest BCUT2D eigenvalue weighted by Crippen LogP contribution is 2.14. The van der Waals surface area contributed by atoms with E-state index in [9.17, 15) is 24.3 Å². The first kappa shape index (κ1) is 31.1. The molecular formula is C29H39N3O7. The summed E-state index contributed by atoms with van der Waals surface area (Å²) in [6, 6.07) is 12.4. The Morgan fingerprint density at radius 1 is 0.821 bits per heavy atom. The summed E-state index contributed by atoms with van der Waals surface area (Å²) in [6.07, 6.45) is -0.652. The molecule has 2 aromatic carbocycles. The second-order valence-corrected chi connectivity index (χ2v) is 10.6. The number of esters is 1. The van der Waals surface area contributed by atoms with Gasteiger partial charge in [-0.3, -0.25) is 9.59 Å². The third-order valence-corrected chi connectivity index (χ3v) is 5.57. The zero-order valence-electron chi connectivity index (χ0n) is 23.3. The van der Waals surface area contributed by atoms with E-state index < -0.39 is 47.6 Å². The zero-order valence-corrected chi connectivity index (χ0v) is 23.3. The summed E-state index contributed by atoms with van der Waals surface area (Å²) >= 11 is 0. The third-order valence-electron chi connectivity index (χ3n) is 5.57. The van der Waals surface area contributed by atoms with Gasteiger partial charge in [0.25, 0.3) is 0 Å². The van der Waals surface area contributed by atoms with Crippen LogP contribution in [0.5, 0.6) is 5.75 Å². The average molecular weight is 542 g/mol. The average Bonchev–Trinajstić information content (AvgIpc) is 2.85. The minimum absolute atomic E-state index is 0.0276. The molecule has 0 aliphatic heterocycles. The molecule has 0 fully saturated rings. The highest BCUT2D eigenvalue weighted by atomic mass is 16.6. The summed E-state index contributed by atoms with van der Waals surface area (Å²) in [5, 5.41) is 17.4. The molecule has 0 saturated heterocycles. The van der Waals surface area contributed by atoms with Crippen molar-refractivity contribution in [2.75, 3.05) is 0 Å². The van der Waals surface area contributed by atoms with Gasteiger partial charge in [-0.25, -0.2) is 9.59 Å². The van der Waals surface area contributed by atoms with Crippen LogP contribution in [0.1, 0.15) is 52.7 Å². The first-order valence-corrected chi connectivity index (χ1v) is 12.8. The molecule has 3 atom stereocenters. The molecular weight excluding hydrogens is 502 g/mol. The fourth-order valence-corrected chi connectivity index (χ4v) is 3.51. The molecule has 212 valence electrons. The third kappa shape index (κ3) is 11.1. The number of carbonyl (C=O) groups is 4. The molecule has 0 radical (unpaired) electrons. The molecule has 4 N–H and O–H groups in total. The number of phenolic OH excluding ortho intramolecular Hbond substituents is 1. The molecule has 3 amide bonds. The number of aromatic hydroxyl groups is 1. The van der Waals surface area contributed by atoms with Crippen LogP contribution in [0, 0.1) is 5.92 Å². The fraction of sp³-hybridized carbons (Fsp3) is 0.448. The van der Waals surface area contributed by atoms with Crippen LogP contribution in [0.2, 0.25) is 0 Å². The van der Waals surface area contributed by atoms with Crippen LogP contribution < -0.4 is 16.0 Å². The summed E-state index contributed by atoms with van der Waals surface area (Å²) in [5.41, 5.74) is 0.747. The van der Waals surface area contributed by atoms with Crippen LogP contribution in [0.4, 0.5) is 4.79 Å². The van der Waals surface area contributed by atoms with Gasteiger partial charge in [-0.2, -0.15) is 0 Å². The first-order valence-electron chi connectivity index (χ1n) is 12.8. The molecule has 0 aliphatic rings. The Bertz CT molecular complexity index is 1110. The van der Waals surface area contributed by atoms with Crippen molar-refractivity contribution in [1.29, 1.82) is 0 Å². The van der Waals surface area contributed by atoms with Crippen molar-refractivity contribution in [2.24, 2.45) is 5.92 Å². The smallest absolute Gasteiger partial charge is 0.408 e. The van der Waals surface area contributed by atoms with Gasteiger partial charge in [0.15, 0.2) is 0 Å². The predicted octanol–water partition coefficient (Wildman–Crippen LogP) is 3.22. The Kier molecular flexibility index (Phi) is 11.3. The molecule has 0 heterocycles. The quantitative estimate of drug-likeness (QED) is 0.320. The van der Waals surface area contributed by atoms with E-state index in [0.717, 1.165) is 5.56 Å². The van der Waals surface area contributed by atoms with Crippen LogP contribution in [0.15, 0.2) is 54.6 Å². The van der Waals surface area contributed by atoms with Crippen LogP contribution >= 0.6 is 0 Å². The van der Waals surface area contributed by atoms with E-state index in [1.54, 1.807) is 46.8 Å². The summed E-state index contributed by atoms with van der Waals surface area (Å²) in [6.45, 7) is 10.1. The molecule has 10 heteroatoms. The number of nitrogens with one attached hydrogen (secondary N) is 3. The molecule has 0 saturated carbocycles. The number of carbonyl (C=O) groups excluding carboxylic acids is 4. The van der Waals surface area contributed by atoms with Crippen LogP contribution in [0.3, 0.4) is 0 Å². The number of benzene rings is 2. The molecule has 0 spiro atoms. The lowest BCUT2D eigenvalue weighted by Gasteiger charge is -2.27. The van der Waals surface area contributed by atoms with Gasteiger partial charge in [-0.15, -0.1) is 0 Å². The fourth-order valence-electron chi connectivity index (χ4n) is 3.51. The van der Waals surface area contributed by atoms with E-state index >= 15 is 0 Å². The number of ether oxygens (including phenoxy) is 2. The Hall–Kier alpha value is -4.08. The van der Waals surface area contributed by atoms with Gasteiger partial charge in [0.1, 0.15) is 36.1 Å². The standard InChI is InChI=1S/C29H39N3O7/c1-18(2)24(32-25(34)19(3)30-28(37)39-29(4,5)6)26(35)31-23(16-20-12-14-22(33)15-13-20)27(36)38-17-21-10-8-7-9-11-21/h7-15,18-19,23-24,33H,16-17H2,1-6H3,(H,30,37)(H,31,35)(H,32,34). The van der Waals surface area contributed by atoms with Crippen molar-refractivity contribution < 1.29 is 33.8 Å². The van der Waals surface area contributed by atoms with Gasteiger partial charge < -0.3 is 30.5 Å². The Morgan fingerprint density at radius 3 is 2.00 bits per heavy atom. The molecule has 3 unspecified atom stereocenters. The number of amides is 3. The van der Waals surface area contributed by atoms with Gasteiger partial charge in [0, 0.05) is 6.42 Å². The van der Waals surface area contributed by atoms with E-state index in [1.165, 1.54) is 19.1 Å². The van der Waals surface area contributed by atoms with Crippen molar-refractivity contribution in [3.8, 4) is 5.75 Å². The molecule has 2 rings (SSSR count). The molecule has 39 heavy (non-hydrogen) atoms. The van der Waals surface area contributed by atoms with Gasteiger partial charge >= 0.3 is 12.1 Å². The lowest BCUT2D eigenvalue weighted by Crippen LogP contribution is -2.57. The maximum absolute atomic E-state index is 13.3. The monoisotopic (exact) mass is 541 g/mol. The molecule has 0 aliphatic carbocycles. The SMILES string of the molecule is CC(NC(=O)OC(C)(C)C)C(=O)NC(C(=O)NC(Cc1ccc(O)cc1)C(=O)OCc1ccccc1)C(C)C. The maximum Gasteiger partial charge on any atom is 0.408 e. The van der Waals surface area contributed by atoms with E-state index in [0.29, 0.717) is 5.56 Å². The van der Waals surface area contributed by atoms with Crippen LogP contribution in [-0.4, -0.2) is 52.7 Å². The van der Waals surface area contributed by atoms with Crippen molar-refractivity contribution in [3.63, 3.8) is 0 Å². The Labute approximate surface area is 229 Å². The number of alkyl carbamates (subject to hydrolysis) is 1. The second kappa shape index (κ2) is 14.2. The lowest BCUT2D eigenvalue weighted by atomic mass is 10.0. The Morgan fingerprint density at radius 2 is 1.44 bits per heavy atom. The minimum Gasteiger partial charge on any atom is -0.508 e. The summed E-state index contributed by atoms with van der Waals surface area (Å²) in [5.74, 6) is -2.08. The van der Waals surface area contributed by atoms with Gasteiger partial charge in [-0.1, -0.05) is 56.3 Å². The number of phenols is 1. The number of rotatable bonds is 11. The van der Waals surface area contributed by atoms with E-state index in [-0.39, 0.29) is 24.7 Å². The first-order chi connectivity index (χ1) is 18.2.